The minimum absolute atomic E-state index is 0.326. The van der Waals surface area contributed by atoms with E-state index in [-0.39, 0.29) is 0 Å². The van der Waals surface area contributed by atoms with E-state index >= 15 is 0 Å². The third kappa shape index (κ3) is 1.05. The number of aryl methyl sites for hydroxylation is 1. The van der Waals surface area contributed by atoms with E-state index in [2.05, 4.69) is 16.6 Å². The number of aromatic nitrogens is 2. The summed E-state index contributed by atoms with van der Waals surface area (Å²) in [7, 11) is 2.08. The van der Waals surface area contributed by atoms with Crippen molar-refractivity contribution < 1.29 is 0 Å². The summed E-state index contributed by atoms with van der Waals surface area (Å²) in [4.78, 5) is 4.48. The van der Waals surface area contributed by atoms with Gasteiger partial charge in [0.2, 0.25) is 0 Å². The Morgan fingerprint density at radius 1 is 1.58 bits per heavy atom. The molecule has 1 aromatic rings. The molecule has 12 heavy (non-hydrogen) atoms. The van der Waals surface area contributed by atoms with Gasteiger partial charge in [0.25, 0.3) is 0 Å². The van der Waals surface area contributed by atoms with Crippen molar-refractivity contribution in [2.45, 2.75) is 32.2 Å². The number of imidazole rings is 1. The van der Waals surface area contributed by atoms with Crippen LogP contribution in [0.5, 0.6) is 0 Å². The Kier molecular flexibility index (Phi) is 1.68. The Morgan fingerprint density at radius 3 is 3.08 bits per heavy atom. The minimum Gasteiger partial charge on any atom is -0.335 e. The highest BCUT2D eigenvalue weighted by atomic mass is 15.1. The zero-order valence-corrected chi connectivity index (χ0v) is 7.67. The summed E-state index contributed by atoms with van der Waals surface area (Å²) in [6.07, 6.45) is 3.15. The lowest BCUT2D eigenvalue weighted by molar-refractivity contribution is 0.554. The van der Waals surface area contributed by atoms with Crippen LogP contribution in [-0.4, -0.2) is 15.6 Å². The fourth-order valence-electron chi connectivity index (χ4n) is 1.87. The Morgan fingerprint density at radius 2 is 2.33 bits per heavy atom. The summed E-state index contributed by atoms with van der Waals surface area (Å²) < 4.78 is 2.18. The molecule has 0 spiro atoms. The molecule has 1 aromatic heterocycles. The smallest absolute Gasteiger partial charge is 0.105 e. The molecule has 66 valence electrons. The molecule has 2 rings (SSSR count). The van der Waals surface area contributed by atoms with Crippen molar-refractivity contribution in [2.24, 2.45) is 12.8 Å². The number of hydrogen-bond acceptors (Lipinski definition) is 2. The zero-order chi connectivity index (χ0) is 8.72. The summed E-state index contributed by atoms with van der Waals surface area (Å²) in [5.74, 6) is 1.11. The SMILES string of the molecule is Cc1nc2c(n1C)CCC(N)C2. The molecule has 0 radical (unpaired) electrons. The Labute approximate surface area is 72.6 Å². The molecule has 1 aliphatic carbocycles. The molecule has 0 aliphatic heterocycles. The van der Waals surface area contributed by atoms with Crippen molar-refractivity contribution in [3.8, 4) is 0 Å². The van der Waals surface area contributed by atoms with Crippen LogP contribution >= 0.6 is 0 Å². The van der Waals surface area contributed by atoms with Crippen molar-refractivity contribution >= 4 is 0 Å². The molecule has 0 saturated carbocycles. The summed E-state index contributed by atoms with van der Waals surface area (Å²) in [5.41, 5.74) is 8.46. The third-order valence-corrected chi connectivity index (χ3v) is 2.73. The van der Waals surface area contributed by atoms with Crippen LogP contribution in [0.3, 0.4) is 0 Å². The average Bonchev–Trinajstić information content (AvgIpc) is 2.28. The highest BCUT2D eigenvalue weighted by Gasteiger charge is 2.20. The molecule has 2 N–H and O–H groups in total. The predicted octanol–water partition coefficient (Wildman–Crippen LogP) is 0.545. The maximum atomic E-state index is 5.86. The van der Waals surface area contributed by atoms with E-state index in [9.17, 15) is 0 Å². The van der Waals surface area contributed by atoms with E-state index in [1.54, 1.807) is 0 Å². The van der Waals surface area contributed by atoms with Gasteiger partial charge in [-0.1, -0.05) is 0 Å². The number of fused-ring (bicyclic) bond motifs is 1. The minimum atomic E-state index is 0.326. The Bertz CT molecular complexity index is 301. The molecular formula is C9H15N3. The van der Waals surface area contributed by atoms with E-state index in [4.69, 9.17) is 5.73 Å². The first-order valence-electron chi connectivity index (χ1n) is 4.45. The number of nitrogens with zero attached hydrogens (tertiary/aromatic N) is 2. The molecule has 0 aromatic carbocycles. The van der Waals surface area contributed by atoms with E-state index in [1.807, 2.05) is 6.92 Å². The molecular weight excluding hydrogens is 150 g/mol. The molecule has 0 fully saturated rings. The standard InChI is InChI=1S/C9H15N3/c1-6-11-8-5-7(10)3-4-9(8)12(6)2/h7H,3-5,10H2,1-2H3. The van der Waals surface area contributed by atoms with Gasteiger partial charge in [0.05, 0.1) is 5.69 Å². The van der Waals surface area contributed by atoms with E-state index in [0.29, 0.717) is 6.04 Å². The summed E-state index contributed by atoms with van der Waals surface area (Å²) >= 11 is 0. The topological polar surface area (TPSA) is 43.8 Å². The van der Waals surface area contributed by atoms with Crippen molar-refractivity contribution in [3.05, 3.63) is 17.2 Å². The first kappa shape index (κ1) is 7.80. The molecule has 1 atom stereocenters. The van der Waals surface area contributed by atoms with Crippen molar-refractivity contribution in [2.75, 3.05) is 0 Å². The van der Waals surface area contributed by atoms with Gasteiger partial charge in [-0.3, -0.25) is 0 Å². The first-order chi connectivity index (χ1) is 5.68. The lowest BCUT2D eigenvalue weighted by atomic mass is 9.97. The van der Waals surface area contributed by atoms with E-state index in [0.717, 1.165) is 25.1 Å². The maximum absolute atomic E-state index is 5.86. The lowest BCUT2D eigenvalue weighted by Gasteiger charge is -2.17. The lowest BCUT2D eigenvalue weighted by Crippen LogP contribution is -2.28. The van der Waals surface area contributed by atoms with Gasteiger partial charge in [-0.05, 0) is 19.8 Å². The van der Waals surface area contributed by atoms with Crippen LogP contribution in [0.25, 0.3) is 0 Å². The normalized spacial score (nSPS) is 22.4. The van der Waals surface area contributed by atoms with Gasteiger partial charge in [0.1, 0.15) is 5.82 Å². The molecule has 1 aliphatic rings. The molecule has 3 heteroatoms. The quantitative estimate of drug-likeness (QED) is 0.610. The molecule has 0 amide bonds. The van der Waals surface area contributed by atoms with Gasteiger partial charge in [-0.15, -0.1) is 0 Å². The summed E-state index contributed by atoms with van der Waals surface area (Å²) in [6, 6.07) is 0.326. The highest BCUT2D eigenvalue weighted by Crippen LogP contribution is 2.20. The zero-order valence-electron chi connectivity index (χ0n) is 7.67. The second-order valence-electron chi connectivity index (χ2n) is 3.61. The van der Waals surface area contributed by atoms with E-state index < -0.39 is 0 Å². The van der Waals surface area contributed by atoms with Crippen LogP contribution < -0.4 is 5.73 Å². The van der Waals surface area contributed by atoms with Gasteiger partial charge in [-0.2, -0.15) is 0 Å². The summed E-state index contributed by atoms with van der Waals surface area (Å²) in [6.45, 7) is 2.05. The van der Waals surface area contributed by atoms with Crippen LogP contribution in [0.15, 0.2) is 0 Å². The van der Waals surface area contributed by atoms with Crippen molar-refractivity contribution in [1.82, 2.24) is 9.55 Å². The molecule has 0 bridgehead atoms. The monoisotopic (exact) mass is 165 g/mol. The van der Waals surface area contributed by atoms with Crippen molar-refractivity contribution in [3.63, 3.8) is 0 Å². The highest BCUT2D eigenvalue weighted by molar-refractivity contribution is 5.20. The van der Waals surface area contributed by atoms with Gasteiger partial charge in [0, 0.05) is 25.2 Å². The number of nitrogens with two attached hydrogens (primary N) is 1. The second kappa shape index (κ2) is 2.59. The second-order valence-corrected chi connectivity index (χ2v) is 3.61. The number of rotatable bonds is 0. The van der Waals surface area contributed by atoms with Crippen LogP contribution in [0.4, 0.5) is 0 Å². The Hall–Kier alpha value is -0.830. The molecule has 0 saturated heterocycles. The van der Waals surface area contributed by atoms with E-state index in [1.165, 1.54) is 11.4 Å². The third-order valence-electron chi connectivity index (χ3n) is 2.73. The van der Waals surface area contributed by atoms with Crippen LogP contribution in [0.2, 0.25) is 0 Å². The van der Waals surface area contributed by atoms with Gasteiger partial charge in [-0.25, -0.2) is 4.98 Å². The average molecular weight is 165 g/mol. The number of hydrogen-bond donors (Lipinski definition) is 1. The fraction of sp³-hybridized carbons (Fsp3) is 0.667. The Balaban J connectivity index is 2.43. The summed E-state index contributed by atoms with van der Waals surface area (Å²) in [5, 5.41) is 0. The predicted molar refractivity (Wildman–Crippen MR) is 47.9 cm³/mol. The largest absolute Gasteiger partial charge is 0.335 e. The fourth-order valence-corrected chi connectivity index (χ4v) is 1.87. The molecule has 1 unspecified atom stereocenters. The van der Waals surface area contributed by atoms with Gasteiger partial charge < -0.3 is 10.3 Å². The maximum Gasteiger partial charge on any atom is 0.105 e. The van der Waals surface area contributed by atoms with Crippen LogP contribution in [0, 0.1) is 6.92 Å². The van der Waals surface area contributed by atoms with Crippen LogP contribution in [-0.2, 0) is 19.9 Å². The van der Waals surface area contributed by atoms with Gasteiger partial charge in [0.15, 0.2) is 0 Å². The van der Waals surface area contributed by atoms with Crippen molar-refractivity contribution in [1.29, 1.82) is 0 Å². The first-order valence-corrected chi connectivity index (χ1v) is 4.45. The van der Waals surface area contributed by atoms with Crippen LogP contribution in [0.1, 0.15) is 23.6 Å². The molecule has 1 heterocycles. The van der Waals surface area contributed by atoms with Gasteiger partial charge >= 0.3 is 0 Å². The molecule has 3 nitrogen and oxygen atoms in total.